The quantitative estimate of drug-likeness (QED) is 0.670. The minimum atomic E-state index is -2.55. The van der Waals surface area contributed by atoms with Crippen molar-refractivity contribution in [2.45, 2.75) is 12.8 Å². The van der Waals surface area contributed by atoms with E-state index in [-0.39, 0.29) is 49.6 Å². The van der Waals surface area contributed by atoms with Gasteiger partial charge in [-0.25, -0.2) is 8.42 Å². The Bertz CT molecular complexity index is 143. The summed E-state index contributed by atoms with van der Waals surface area (Å²) in [7, 11) is -2.55. The summed E-state index contributed by atoms with van der Waals surface area (Å²) in [5.41, 5.74) is 0. The zero-order valence-corrected chi connectivity index (χ0v) is 9.77. The first-order chi connectivity index (χ1) is 3.21. The van der Waals surface area contributed by atoms with Gasteiger partial charge in [0.15, 0.2) is 0 Å². The van der Waals surface area contributed by atoms with Crippen LogP contribution >= 0.6 is 49.6 Å². The Morgan fingerprint density at radius 3 is 1.09 bits per heavy atom. The van der Waals surface area contributed by atoms with Crippen LogP contribution in [0.4, 0.5) is 0 Å². The van der Waals surface area contributed by atoms with Crippen LogP contribution in [-0.2, 0) is 9.84 Å². The first-order valence-corrected chi connectivity index (χ1v) is 4.23. The van der Waals surface area contributed by atoms with Crippen molar-refractivity contribution in [3.05, 3.63) is 0 Å². The Labute approximate surface area is 92.1 Å². The highest BCUT2D eigenvalue weighted by Gasteiger charge is 2.16. The summed E-state index contributed by atoms with van der Waals surface area (Å²) in [5, 5.41) is 0. The van der Waals surface area contributed by atoms with Crippen LogP contribution in [0.25, 0.3) is 0 Å². The first-order valence-electron chi connectivity index (χ1n) is 2.41. The van der Waals surface area contributed by atoms with Crippen LogP contribution in [0.3, 0.4) is 0 Å². The van der Waals surface area contributed by atoms with Gasteiger partial charge in [-0.15, -0.1) is 49.6 Å². The van der Waals surface area contributed by atoms with Crippen molar-refractivity contribution in [3.8, 4) is 0 Å². The predicted octanol–water partition coefficient (Wildman–Crippen LogP) is 1.88. The number of halogens is 4. The van der Waals surface area contributed by atoms with Crippen LogP contribution in [0, 0.1) is 0 Å². The Morgan fingerprint density at radius 2 is 1.00 bits per heavy atom. The lowest BCUT2D eigenvalue weighted by Crippen LogP contribution is -1.98. The molecule has 7 heteroatoms. The molecular weight excluding hydrogens is 254 g/mol. The standard InChI is InChI=1S/C4H8O2S.4ClH/c5-7(6)3-1-2-4-7;;;;/h1-4H2;4*1H. The van der Waals surface area contributed by atoms with Crippen molar-refractivity contribution < 1.29 is 8.42 Å². The third-order valence-corrected chi connectivity index (χ3v) is 2.98. The summed E-state index contributed by atoms with van der Waals surface area (Å²) in [4.78, 5) is 0. The van der Waals surface area contributed by atoms with Gasteiger partial charge in [0, 0.05) is 0 Å². The van der Waals surface area contributed by atoms with E-state index in [2.05, 4.69) is 0 Å². The van der Waals surface area contributed by atoms with E-state index in [4.69, 9.17) is 0 Å². The van der Waals surface area contributed by atoms with E-state index in [1.807, 2.05) is 0 Å². The van der Waals surface area contributed by atoms with Crippen molar-refractivity contribution in [2.24, 2.45) is 0 Å². The molecule has 0 spiro atoms. The molecule has 74 valence electrons. The number of hydrogen-bond acceptors (Lipinski definition) is 2. The van der Waals surface area contributed by atoms with Crippen LogP contribution in [0.5, 0.6) is 0 Å². The normalized spacial score (nSPS) is 17.8. The van der Waals surface area contributed by atoms with Crippen molar-refractivity contribution in [1.29, 1.82) is 0 Å². The summed E-state index contributed by atoms with van der Waals surface area (Å²) in [6.45, 7) is 0. The Morgan fingerprint density at radius 1 is 0.727 bits per heavy atom. The van der Waals surface area contributed by atoms with Crippen molar-refractivity contribution >= 4 is 59.5 Å². The van der Waals surface area contributed by atoms with Crippen molar-refractivity contribution in [1.82, 2.24) is 0 Å². The molecule has 1 fully saturated rings. The molecule has 2 nitrogen and oxygen atoms in total. The fourth-order valence-corrected chi connectivity index (χ4v) is 2.24. The Kier molecular flexibility index (Phi) is 19.0. The second-order valence-electron chi connectivity index (χ2n) is 1.86. The molecule has 0 N–H and O–H groups in total. The molecule has 0 aromatic carbocycles. The third-order valence-electron chi connectivity index (χ3n) is 1.16. The van der Waals surface area contributed by atoms with E-state index >= 15 is 0 Å². The maximum atomic E-state index is 10.4. The maximum Gasteiger partial charge on any atom is 0.150 e. The second kappa shape index (κ2) is 9.20. The van der Waals surface area contributed by atoms with Crippen molar-refractivity contribution in [2.75, 3.05) is 11.5 Å². The zero-order chi connectivity index (χ0) is 5.33. The van der Waals surface area contributed by atoms with E-state index < -0.39 is 9.84 Å². The van der Waals surface area contributed by atoms with Crippen LogP contribution < -0.4 is 0 Å². The Hall–Kier alpha value is 1.11. The molecule has 1 heterocycles. The van der Waals surface area contributed by atoms with E-state index in [1.54, 1.807) is 0 Å². The molecule has 1 rings (SSSR count). The highest BCUT2D eigenvalue weighted by Crippen LogP contribution is 2.08. The van der Waals surface area contributed by atoms with Gasteiger partial charge in [-0.3, -0.25) is 0 Å². The molecule has 0 aromatic rings. The fraction of sp³-hybridized carbons (Fsp3) is 1.00. The smallest absolute Gasteiger partial charge is 0.150 e. The molecule has 0 bridgehead atoms. The van der Waals surface area contributed by atoms with Gasteiger partial charge in [0.25, 0.3) is 0 Å². The fourth-order valence-electron chi connectivity index (χ4n) is 0.746. The lowest BCUT2D eigenvalue weighted by atomic mass is 10.4. The van der Waals surface area contributed by atoms with Crippen molar-refractivity contribution in [3.63, 3.8) is 0 Å². The van der Waals surface area contributed by atoms with Gasteiger partial charge in [-0.2, -0.15) is 0 Å². The van der Waals surface area contributed by atoms with E-state index in [0.717, 1.165) is 12.8 Å². The first kappa shape index (κ1) is 22.7. The van der Waals surface area contributed by atoms with Crippen LogP contribution in [0.2, 0.25) is 0 Å². The SMILES string of the molecule is Cl.Cl.Cl.Cl.O=S1(=O)CCCC1. The van der Waals surface area contributed by atoms with Crippen LogP contribution in [0.1, 0.15) is 12.8 Å². The summed E-state index contributed by atoms with van der Waals surface area (Å²) in [5.74, 6) is 0.847. The topological polar surface area (TPSA) is 34.1 Å². The maximum absolute atomic E-state index is 10.4. The van der Waals surface area contributed by atoms with Crippen LogP contribution in [0.15, 0.2) is 0 Å². The number of hydrogen-bond donors (Lipinski definition) is 0. The molecule has 0 radical (unpaired) electrons. The summed E-state index contributed by atoms with van der Waals surface area (Å²) in [6.07, 6.45) is 1.75. The molecular formula is C4H12Cl4O2S. The lowest BCUT2D eigenvalue weighted by molar-refractivity contribution is 0.602. The van der Waals surface area contributed by atoms with Gasteiger partial charge in [0.1, 0.15) is 9.84 Å². The molecule has 0 unspecified atom stereocenters. The zero-order valence-electron chi connectivity index (χ0n) is 5.69. The Balaban J connectivity index is -0.0000000612. The average molecular weight is 266 g/mol. The summed E-state index contributed by atoms with van der Waals surface area (Å²) >= 11 is 0. The van der Waals surface area contributed by atoms with E-state index in [1.165, 1.54) is 0 Å². The highest BCUT2D eigenvalue weighted by molar-refractivity contribution is 7.91. The number of rotatable bonds is 0. The van der Waals surface area contributed by atoms with Gasteiger partial charge in [0.2, 0.25) is 0 Å². The molecule has 0 atom stereocenters. The molecule has 0 aromatic heterocycles. The lowest BCUT2D eigenvalue weighted by Gasteiger charge is -1.81. The third kappa shape index (κ3) is 9.02. The largest absolute Gasteiger partial charge is 0.229 e. The van der Waals surface area contributed by atoms with E-state index in [0.29, 0.717) is 11.5 Å². The molecule has 0 saturated carbocycles. The molecule has 0 amide bonds. The minimum absolute atomic E-state index is 0. The summed E-state index contributed by atoms with van der Waals surface area (Å²) < 4.78 is 20.9. The summed E-state index contributed by atoms with van der Waals surface area (Å²) in [6, 6.07) is 0. The highest BCUT2D eigenvalue weighted by atomic mass is 35.5. The predicted molar refractivity (Wildman–Crippen MR) is 56.9 cm³/mol. The molecule has 1 aliphatic rings. The van der Waals surface area contributed by atoms with Gasteiger partial charge in [0.05, 0.1) is 11.5 Å². The average Bonchev–Trinajstić information content (AvgIpc) is 1.84. The van der Waals surface area contributed by atoms with Gasteiger partial charge < -0.3 is 0 Å². The number of sulfone groups is 1. The minimum Gasteiger partial charge on any atom is -0.229 e. The second-order valence-corrected chi connectivity index (χ2v) is 4.16. The molecule has 1 saturated heterocycles. The van der Waals surface area contributed by atoms with E-state index in [9.17, 15) is 8.42 Å². The molecule has 1 aliphatic heterocycles. The molecule has 0 aliphatic carbocycles. The monoisotopic (exact) mass is 264 g/mol. The molecule has 11 heavy (non-hydrogen) atoms. The van der Waals surface area contributed by atoms with Crippen LogP contribution in [-0.4, -0.2) is 19.9 Å². The van der Waals surface area contributed by atoms with Gasteiger partial charge in [-0.1, -0.05) is 0 Å². The van der Waals surface area contributed by atoms with Gasteiger partial charge >= 0.3 is 0 Å². The van der Waals surface area contributed by atoms with Gasteiger partial charge in [-0.05, 0) is 12.8 Å².